The van der Waals surface area contributed by atoms with Crippen molar-refractivity contribution in [3.05, 3.63) is 71.2 Å². The lowest BCUT2D eigenvalue weighted by Crippen LogP contribution is -2.48. The summed E-state index contributed by atoms with van der Waals surface area (Å²) in [4.78, 5) is 16.5. The summed E-state index contributed by atoms with van der Waals surface area (Å²) in [5.74, 6) is 2.59. The largest absolute Gasteiger partial charge is 0.437 e. The molecule has 2 aliphatic heterocycles. The zero-order chi connectivity index (χ0) is 27.4. The normalized spacial score (nSPS) is 18.3. The number of ether oxygens (including phenoxy) is 1. The van der Waals surface area contributed by atoms with Gasteiger partial charge in [0, 0.05) is 60.9 Å². The second-order valence-corrected chi connectivity index (χ2v) is 11.5. The molecule has 2 aromatic heterocycles. The number of benzene rings is 1. The molecule has 0 aliphatic carbocycles. The number of piperazine rings is 1. The summed E-state index contributed by atoms with van der Waals surface area (Å²) in [5, 5.41) is 10.8. The summed E-state index contributed by atoms with van der Waals surface area (Å²) in [5.41, 5.74) is 2.73. The van der Waals surface area contributed by atoms with Crippen molar-refractivity contribution in [3.63, 3.8) is 0 Å². The van der Waals surface area contributed by atoms with E-state index in [-0.39, 0.29) is 6.10 Å². The molecule has 0 bridgehead atoms. The van der Waals surface area contributed by atoms with Crippen molar-refractivity contribution in [3.8, 4) is 22.9 Å². The fourth-order valence-corrected chi connectivity index (χ4v) is 5.75. The number of likely N-dealkylation sites (tertiary alicyclic amines) is 1. The van der Waals surface area contributed by atoms with E-state index < -0.39 is 0 Å². The molecule has 2 aliphatic rings. The second-order valence-electron chi connectivity index (χ2n) is 10.7. The van der Waals surface area contributed by atoms with Gasteiger partial charge in [0.2, 0.25) is 5.88 Å². The molecule has 1 radical (unpaired) electrons. The van der Waals surface area contributed by atoms with Gasteiger partial charge in [-0.25, -0.2) is 9.97 Å². The van der Waals surface area contributed by atoms with Gasteiger partial charge in [-0.1, -0.05) is 30.1 Å². The lowest BCUT2D eigenvalue weighted by Gasteiger charge is -2.35. The topological polar surface area (TPSA) is 65.0 Å². The number of β-amino-alcohol motifs (C(OH)–C–C–N with tert-alkyl or cyclic N) is 1. The summed E-state index contributed by atoms with van der Waals surface area (Å²) < 4.78 is 6.23. The SMILES string of the molecule is [CH2]C1CCN(Cc2cc(Oc3ccc(N4CCN(C[C@@H](C)O)CC4)nc3)nc(-c3cc(Cl)cc(Cl)c3)c2)CC1. The molecule has 7 nitrogen and oxygen atoms in total. The first kappa shape index (κ1) is 28.1. The smallest absolute Gasteiger partial charge is 0.220 e. The molecule has 2 fully saturated rings. The highest BCUT2D eigenvalue weighted by atomic mass is 35.5. The van der Waals surface area contributed by atoms with Gasteiger partial charge in [0.1, 0.15) is 11.6 Å². The van der Waals surface area contributed by atoms with E-state index in [1.165, 1.54) is 0 Å². The van der Waals surface area contributed by atoms with Crippen molar-refractivity contribution in [2.45, 2.75) is 32.4 Å². The number of nitrogens with zero attached hydrogens (tertiary/aromatic N) is 5. The number of hydrogen-bond acceptors (Lipinski definition) is 7. The highest BCUT2D eigenvalue weighted by Crippen LogP contribution is 2.31. The van der Waals surface area contributed by atoms with Crippen LogP contribution in [0.1, 0.15) is 25.3 Å². The minimum absolute atomic E-state index is 0.310. The van der Waals surface area contributed by atoms with Crippen LogP contribution in [0, 0.1) is 12.8 Å². The van der Waals surface area contributed by atoms with Crippen LogP contribution in [0.4, 0.5) is 5.82 Å². The fourth-order valence-electron chi connectivity index (χ4n) is 5.23. The first-order valence-electron chi connectivity index (χ1n) is 13.6. The van der Waals surface area contributed by atoms with Crippen molar-refractivity contribution < 1.29 is 9.84 Å². The maximum absolute atomic E-state index is 9.65. The zero-order valence-corrected chi connectivity index (χ0v) is 23.9. The summed E-state index contributed by atoms with van der Waals surface area (Å²) >= 11 is 12.6. The van der Waals surface area contributed by atoms with Crippen LogP contribution in [0.15, 0.2) is 48.7 Å². The number of anilines is 1. The number of pyridine rings is 2. The van der Waals surface area contributed by atoms with Crippen molar-refractivity contribution in [1.82, 2.24) is 19.8 Å². The molecule has 3 aromatic rings. The molecule has 2 saturated heterocycles. The highest BCUT2D eigenvalue weighted by molar-refractivity contribution is 6.35. The van der Waals surface area contributed by atoms with E-state index >= 15 is 0 Å². The molecule has 0 saturated carbocycles. The average molecular weight is 570 g/mol. The van der Waals surface area contributed by atoms with E-state index in [1.807, 2.05) is 37.3 Å². The Labute approximate surface area is 241 Å². The standard InChI is InChI=1S/C30H36Cl2N5O2/c1-21-5-7-35(8-6-21)20-23-13-28(24-15-25(31)17-26(32)16-24)34-30(14-23)39-27-3-4-29(33-18-27)37-11-9-36(10-12-37)19-22(2)38/h3-4,13-18,21-22,38H,1,5-12,19-20H2,2H3/t22-/m1/s1. The van der Waals surface area contributed by atoms with Crippen molar-refractivity contribution >= 4 is 29.0 Å². The molecule has 0 unspecified atom stereocenters. The molecule has 0 amide bonds. The van der Waals surface area contributed by atoms with Gasteiger partial charge in [0.25, 0.3) is 0 Å². The minimum Gasteiger partial charge on any atom is -0.437 e. The summed E-state index contributed by atoms with van der Waals surface area (Å²) in [6.45, 7) is 13.2. The minimum atomic E-state index is -0.310. The number of aromatic nitrogens is 2. The lowest BCUT2D eigenvalue weighted by atomic mass is 9.99. The molecule has 9 heteroatoms. The molecule has 1 atom stereocenters. The summed E-state index contributed by atoms with van der Waals surface area (Å²) in [6.07, 6.45) is 3.66. The summed E-state index contributed by atoms with van der Waals surface area (Å²) in [6, 6.07) is 13.5. The van der Waals surface area contributed by atoms with Gasteiger partial charge in [-0.05, 0) is 80.7 Å². The van der Waals surface area contributed by atoms with E-state index in [0.717, 1.165) is 81.3 Å². The molecular formula is C30H36Cl2N5O2. The van der Waals surface area contributed by atoms with Gasteiger partial charge in [-0.3, -0.25) is 9.80 Å². The number of aliphatic hydroxyl groups is 1. The Balaban J connectivity index is 1.32. The predicted octanol–water partition coefficient (Wildman–Crippen LogP) is 5.79. The van der Waals surface area contributed by atoms with Crippen LogP contribution in [0.25, 0.3) is 11.3 Å². The predicted molar refractivity (Wildman–Crippen MR) is 158 cm³/mol. The Morgan fingerprint density at radius 3 is 2.33 bits per heavy atom. The molecule has 0 spiro atoms. The van der Waals surface area contributed by atoms with Crippen LogP contribution < -0.4 is 9.64 Å². The zero-order valence-electron chi connectivity index (χ0n) is 22.4. The van der Waals surface area contributed by atoms with Gasteiger partial charge in [-0.2, -0.15) is 0 Å². The number of hydrogen-bond donors (Lipinski definition) is 1. The van der Waals surface area contributed by atoms with E-state index in [2.05, 4.69) is 32.7 Å². The van der Waals surface area contributed by atoms with Crippen molar-refractivity contribution in [1.29, 1.82) is 0 Å². The highest BCUT2D eigenvalue weighted by Gasteiger charge is 2.20. The van der Waals surface area contributed by atoms with Gasteiger partial charge in [-0.15, -0.1) is 0 Å². The van der Waals surface area contributed by atoms with E-state index in [0.29, 0.717) is 34.1 Å². The Morgan fingerprint density at radius 2 is 1.69 bits per heavy atom. The molecule has 1 N–H and O–H groups in total. The van der Waals surface area contributed by atoms with Crippen molar-refractivity contribution in [2.24, 2.45) is 5.92 Å². The van der Waals surface area contributed by atoms with Gasteiger partial charge in [0.15, 0.2) is 0 Å². The van der Waals surface area contributed by atoms with Gasteiger partial charge in [0.05, 0.1) is 18.0 Å². The van der Waals surface area contributed by atoms with Gasteiger partial charge >= 0.3 is 0 Å². The Kier molecular flexibility index (Phi) is 9.25. The molecule has 4 heterocycles. The molecule has 207 valence electrons. The van der Waals surface area contributed by atoms with E-state index in [4.69, 9.17) is 32.9 Å². The molecule has 39 heavy (non-hydrogen) atoms. The monoisotopic (exact) mass is 568 g/mol. The van der Waals surface area contributed by atoms with Gasteiger partial charge < -0.3 is 14.7 Å². The van der Waals surface area contributed by atoms with Crippen LogP contribution in [0.3, 0.4) is 0 Å². The van der Waals surface area contributed by atoms with Crippen LogP contribution in [-0.4, -0.2) is 76.8 Å². The number of piperidine rings is 1. The molecular weight excluding hydrogens is 533 g/mol. The van der Waals surface area contributed by atoms with Crippen molar-refractivity contribution in [2.75, 3.05) is 50.7 Å². The first-order valence-corrected chi connectivity index (χ1v) is 14.4. The second kappa shape index (κ2) is 12.8. The van der Waals surface area contributed by atoms with E-state index in [1.54, 1.807) is 12.3 Å². The molecule has 1 aromatic carbocycles. The quantitative estimate of drug-likeness (QED) is 0.368. The third-order valence-corrected chi connectivity index (χ3v) is 7.73. The average Bonchev–Trinajstić information content (AvgIpc) is 2.90. The first-order chi connectivity index (χ1) is 18.8. The summed E-state index contributed by atoms with van der Waals surface area (Å²) in [7, 11) is 0. The van der Waals surface area contributed by atoms with Crippen LogP contribution in [-0.2, 0) is 6.54 Å². The third kappa shape index (κ3) is 7.83. The molecule has 5 rings (SSSR count). The maximum Gasteiger partial charge on any atom is 0.220 e. The van der Waals surface area contributed by atoms with Crippen LogP contribution >= 0.6 is 23.2 Å². The number of rotatable bonds is 8. The van der Waals surface area contributed by atoms with Crippen LogP contribution in [0.2, 0.25) is 10.0 Å². The number of aliphatic hydroxyl groups excluding tert-OH is 1. The van der Waals surface area contributed by atoms with Crippen LogP contribution in [0.5, 0.6) is 11.6 Å². The lowest BCUT2D eigenvalue weighted by molar-refractivity contribution is 0.122. The third-order valence-electron chi connectivity index (χ3n) is 7.30. The Bertz CT molecular complexity index is 1220. The Morgan fingerprint density at radius 1 is 0.974 bits per heavy atom. The fraction of sp³-hybridized carbons (Fsp3) is 0.433. The number of halogens is 2. The Hall–Kier alpha value is -2.42. The van der Waals surface area contributed by atoms with E-state index in [9.17, 15) is 5.11 Å². The maximum atomic E-state index is 9.65.